The number of ether oxygens (including phenoxy) is 1. The molecule has 2 aromatic carbocycles. The maximum Gasteiger partial charge on any atom is 0.276 e. The molecule has 0 N–H and O–H groups in total. The molecule has 5 rings (SSSR count). The number of rotatable bonds is 3. The molecule has 33 heavy (non-hydrogen) atoms. The van der Waals surface area contributed by atoms with Crippen LogP contribution >= 0.6 is 11.6 Å². The van der Waals surface area contributed by atoms with Crippen molar-refractivity contribution in [3.05, 3.63) is 81.9 Å². The van der Waals surface area contributed by atoms with Gasteiger partial charge in [0.1, 0.15) is 11.9 Å². The van der Waals surface area contributed by atoms with Crippen LogP contribution in [0.25, 0.3) is 0 Å². The maximum absolute atomic E-state index is 13.2. The van der Waals surface area contributed by atoms with Crippen LogP contribution in [0, 0.1) is 5.82 Å². The number of aromatic nitrogens is 3. The molecule has 2 aliphatic heterocycles. The van der Waals surface area contributed by atoms with E-state index < -0.39 is 0 Å². The van der Waals surface area contributed by atoms with Crippen molar-refractivity contribution in [2.45, 2.75) is 19.3 Å². The van der Waals surface area contributed by atoms with E-state index in [-0.39, 0.29) is 36.0 Å². The van der Waals surface area contributed by atoms with Crippen LogP contribution < -0.4 is 0 Å². The maximum atomic E-state index is 13.2. The third-order valence-electron chi connectivity index (χ3n) is 5.97. The highest BCUT2D eigenvalue weighted by Crippen LogP contribution is 2.27. The van der Waals surface area contributed by atoms with E-state index in [0.29, 0.717) is 49.0 Å². The Hall–Kier alpha value is -3.30. The van der Waals surface area contributed by atoms with E-state index in [1.807, 2.05) is 0 Å². The zero-order chi connectivity index (χ0) is 22.9. The van der Waals surface area contributed by atoms with Crippen molar-refractivity contribution in [3.8, 4) is 0 Å². The number of carbonyl (C=O) groups excluding carboxylic acids is 2. The summed E-state index contributed by atoms with van der Waals surface area (Å²) in [5.41, 5.74) is 2.26. The molecule has 1 aromatic heterocycles. The average Bonchev–Trinajstić information content (AvgIpc) is 3.27. The van der Waals surface area contributed by atoms with E-state index in [9.17, 15) is 14.0 Å². The number of hydrogen-bond acceptors (Lipinski definition) is 5. The van der Waals surface area contributed by atoms with E-state index in [4.69, 9.17) is 16.3 Å². The zero-order valence-electron chi connectivity index (χ0n) is 17.7. The molecular weight excluding hydrogens is 449 g/mol. The lowest BCUT2D eigenvalue weighted by atomic mass is 10.1. The Labute approximate surface area is 194 Å². The summed E-state index contributed by atoms with van der Waals surface area (Å²) >= 11 is 5.99. The lowest BCUT2D eigenvalue weighted by Crippen LogP contribution is -2.50. The molecule has 170 valence electrons. The van der Waals surface area contributed by atoms with Crippen molar-refractivity contribution >= 4 is 23.4 Å². The van der Waals surface area contributed by atoms with Crippen molar-refractivity contribution in [1.82, 2.24) is 24.8 Å². The van der Waals surface area contributed by atoms with E-state index in [0.717, 1.165) is 5.56 Å². The number of carbonyl (C=O) groups is 2. The number of fused-ring (bicyclic) bond motifs is 1. The minimum absolute atomic E-state index is 0.106. The predicted octanol–water partition coefficient (Wildman–Crippen LogP) is 2.94. The van der Waals surface area contributed by atoms with Gasteiger partial charge in [-0.1, -0.05) is 35.0 Å². The number of benzene rings is 2. The first kappa shape index (κ1) is 21.5. The molecule has 2 amide bonds. The second-order valence-electron chi connectivity index (χ2n) is 8.01. The van der Waals surface area contributed by atoms with Gasteiger partial charge in [-0.25, -0.2) is 9.07 Å². The lowest BCUT2D eigenvalue weighted by Gasteiger charge is -2.34. The monoisotopic (exact) mass is 469 g/mol. The first-order valence-electron chi connectivity index (χ1n) is 10.6. The third kappa shape index (κ3) is 4.34. The Morgan fingerprint density at radius 3 is 2.39 bits per heavy atom. The number of halogens is 2. The summed E-state index contributed by atoms with van der Waals surface area (Å²) in [4.78, 5) is 29.2. The van der Waals surface area contributed by atoms with Crippen LogP contribution in [0.5, 0.6) is 0 Å². The smallest absolute Gasteiger partial charge is 0.276 e. The largest absolute Gasteiger partial charge is 0.365 e. The van der Waals surface area contributed by atoms with Gasteiger partial charge in [0.25, 0.3) is 11.8 Å². The second kappa shape index (κ2) is 8.92. The number of amides is 2. The summed E-state index contributed by atoms with van der Waals surface area (Å²) in [6.45, 7) is 2.22. The topological polar surface area (TPSA) is 80.6 Å². The van der Waals surface area contributed by atoms with Crippen molar-refractivity contribution in [3.63, 3.8) is 0 Å². The highest BCUT2D eigenvalue weighted by atomic mass is 35.5. The molecular formula is C23H21ClFN5O3. The summed E-state index contributed by atoms with van der Waals surface area (Å²) in [5.74, 6) is -0.640. The lowest BCUT2D eigenvalue weighted by molar-refractivity contribution is -0.00206. The highest BCUT2D eigenvalue weighted by Gasteiger charge is 2.32. The van der Waals surface area contributed by atoms with Gasteiger partial charge in [0.2, 0.25) is 0 Å². The van der Waals surface area contributed by atoms with Gasteiger partial charge >= 0.3 is 0 Å². The van der Waals surface area contributed by atoms with E-state index >= 15 is 0 Å². The molecule has 2 aliphatic rings. The van der Waals surface area contributed by atoms with Crippen molar-refractivity contribution in [2.75, 3.05) is 26.2 Å². The summed E-state index contributed by atoms with van der Waals surface area (Å²) < 4.78 is 20.8. The van der Waals surface area contributed by atoms with Crippen LogP contribution in [0.1, 0.15) is 38.2 Å². The van der Waals surface area contributed by atoms with Crippen LogP contribution in [-0.2, 0) is 17.9 Å². The average molecular weight is 470 g/mol. The fourth-order valence-electron chi connectivity index (χ4n) is 4.12. The summed E-state index contributed by atoms with van der Waals surface area (Å²) in [7, 11) is 0. The highest BCUT2D eigenvalue weighted by molar-refractivity contribution is 6.30. The zero-order valence-corrected chi connectivity index (χ0v) is 18.4. The molecule has 10 heteroatoms. The molecule has 1 atom stereocenters. The standard InChI is InChI=1S/C23H21ClFN5O3/c24-17-3-1-2-16(12-17)22(31)28-8-10-29(11-9-28)23(32)21-19-14-33-20(13-30(19)27-26-21)15-4-6-18(25)7-5-15/h1-7,12,20H,8-11,13-14H2/t20-/m1/s1. The predicted molar refractivity (Wildman–Crippen MR) is 117 cm³/mol. The minimum Gasteiger partial charge on any atom is -0.365 e. The molecule has 3 aromatic rings. The van der Waals surface area contributed by atoms with Gasteiger partial charge in [-0.15, -0.1) is 5.10 Å². The van der Waals surface area contributed by atoms with Crippen LogP contribution in [-0.4, -0.2) is 62.8 Å². The molecule has 8 nitrogen and oxygen atoms in total. The molecule has 0 spiro atoms. The molecule has 1 fully saturated rings. The molecule has 0 saturated carbocycles. The molecule has 0 radical (unpaired) electrons. The number of hydrogen-bond donors (Lipinski definition) is 0. The van der Waals surface area contributed by atoms with Crippen LogP contribution in [0.2, 0.25) is 5.02 Å². The first-order valence-corrected chi connectivity index (χ1v) is 11.0. The molecule has 0 aliphatic carbocycles. The van der Waals surface area contributed by atoms with E-state index in [1.54, 1.807) is 50.9 Å². The van der Waals surface area contributed by atoms with Gasteiger partial charge in [0, 0.05) is 36.8 Å². The quantitative estimate of drug-likeness (QED) is 0.589. The van der Waals surface area contributed by atoms with Gasteiger partial charge in [-0.3, -0.25) is 9.59 Å². The SMILES string of the molecule is O=C(c1cccc(Cl)c1)N1CCN(C(=O)c2nnn3c2CO[C@@H](c2ccc(F)cc2)C3)CC1. The van der Waals surface area contributed by atoms with Crippen LogP contribution in [0.4, 0.5) is 4.39 Å². The Morgan fingerprint density at radius 2 is 1.70 bits per heavy atom. The normalized spacial score (nSPS) is 18.2. The van der Waals surface area contributed by atoms with Crippen LogP contribution in [0.15, 0.2) is 48.5 Å². The van der Waals surface area contributed by atoms with Crippen LogP contribution in [0.3, 0.4) is 0 Å². The van der Waals surface area contributed by atoms with E-state index in [2.05, 4.69) is 10.3 Å². The van der Waals surface area contributed by atoms with Gasteiger partial charge in [-0.2, -0.15) is 0 Å². The Kier molecular flexibility index (Phi) is 5.82. The summed E-state index contributed by atoms with van der Waals surface area (Å²) in [5, 5.41) is 8.77. The van der Waals surface area contributed by atoms with Gasteiger partial charge in [0.15, 0.2) is 5.69 Å². The second-order valence-corrected chi connectivity index (χ2v) is 8.45. The van der Waals surface area contributed by atoms with Gasteiger partial charge in [-0.05, 0) is 35.9 Å². The first-order chi connectivity index (χ1) is 16.0. The fourth-order valence-corrected chi connectivity index (χ4v) is 4.31. The third-order valence-corrected chi connectivity index (χ3v) is 6.20. The summed E-state index contributed by atoms with van der Waals surface area (Å²) in [6, 6.07) is 13.0. The fraction of sp³-hybridized carbons (Fsp3) is 0.304. The van der Waals surface area contributed by atoms with Crippen molar-refractivity contribution in [2.24, 2.45) is 0 Å². The number of nitrogens with zero attached hydrogens (tertiary/aromatic N) is 5. The molecule has 0 bridgehead atoms. The minimum atomic E-state index is -0.307. The Balaban J connectivity index is 1.23. The van der Waals surface area contributed by atoms with Gasteiger partial charge < -0.3 is 14.5 Å². The van der Waals surface area contributed by atoms with E-state index in [1.165, 1.54) is 12.1 Å². The Morgan fingerprint density at radius 1 is 1.00 bits per heavy atom. The number of piperazine rings is 1. The molecule has 1 saturated heterocycles. The van der Waals surface area contributed by atoms with Crippen molar-refractivity contribution in [1.29, 1.82) is 0 Å². The summed E-state index contributed by atoms with van der Waals surface area (Å²) in [6.07, 6.45) is -0.288. The Bertz CT molecular complexity index is 1190. The van der Waals surface area contributed by atoms with Gasteiger partial charge in [0.05, 0.1) is 18.8 Å². The molecule has 0 unspecified atom stereocenters. The van der Waals surface area contributed by atoms with Crippen molar-refractivity contribution < 1.29 is 18.7 Å². The molecule has 3 heterocycles.